The molecule has 0 heterocycles. The lowest BCUT2D eigenvalue weighted by Crippen LogP contribution is -2.18. The van der Waals surface area contributed by atoms with Gasteiger partial charge in [-0.05, 0) is 13.8 Å². The molecule has 0 aromatic rings. The van der Waals surface area contributed by atoms with Gasteiger partial charge in [0.05, 0.1) is 32.5 Å². The van der Waals surface area contributed by atoms with Crippen LogP contribution in [0.3, 0.4) is 0 Å². The molecule has 0 aliphatic heterocycles. The van der Waals surface area contributed by atoms with E-state index in [4.69, 9.17) is 18.9 Å². The number of ether oxygens (including phenoxy) is 4. The summed E-state index contributed by atoms with van der Waals surface area (Å²) in [5, 5.41) is 0. The van der Waals surface area contributed by atoms with Gasteiger partial charge in [-0.15, -0.1) is 0 Å². The zero-order chi connectivity index (χ0) is 11.5. The number of carbonyl (C=O) groups excluding carboxylic acids is 1. The topological polar surface area (TPSA) is 54.0 Å². The van der Waals surface area contributed by atoms with Crippen molar-refractivity contribution < 1.29 is 23.7 Å². The minimum atomic E-state index is -0.345. The molecule has 0 amide bonds. The molecule has 0 N–H and O–H groups in total. The molecule has 0 rings (SSSR count). The highest BCUT2D eigenvalue weighted by Crippen LogP contribution is 1.89. The van der Waals surface area contributed by atoms with Gasteiger partial charge in [-0.3, -0.25) is 0 Å². The quantitative estimate of drug-likeness (QED) is 0.421. The Bertz CT molecular complexity index is 158. The standard InChI is InChI=1S/C10H20O5/c1-9(2)15-10(11)8-14-7-6-13-5-4-12-3/h9H,4-8H2,1-3H3. The van der Waals surface area contributed by atoms with Crippen LogP contribution in [0.25, 0.3) is 0 Å². The number of hydrogen-bond donors (Lipinski definition) is 0. The molecule has 5 nitrogen and oxygen atoms in total. The maximum atomic E-state index is 11.0. The van der Waals surface area contributed by atoms with E-state index in [2.05, 4.69) is 0 Å². The Hall–Kier alpha value is -0.650. The van der Waals surface area contributed by atoms with Gasteiger partial charge in [0, 0.05) is 7.11 Å². The van der Waals surface area contributed by atoms with Crippen LogP contribution in [-0.2, 0) is 23.7 Å². The van der Waals surface area contributed by atoms with E-state index >= 15 is 0 Å². The Morgan fingerprint density at radius 3 is 2.27 bits per heavy atom. The molecule has 0 bridgehead atoms. The molecule has 0 spiro atoms. The van der Waals surface area contributed by atoms with Crippen LogP contribution in [0, 0.1) is 0 Å². The predicted octanol–water partition coefficient (Wildman–Crippen LogP) is 0.618. The van der Waals surface area contributed by atoms with Crippen molar-refractivity contribution in [2.24, 2.45) is 0 Å². The Morgan fingerprint density at radius 1 is 1.07 bits per heavy atom. The molecule has 5 heteroatoms. The molecule has 90 valence electrons. The molecular formula is C10H20O5. The molecule has 0 radical (unpaired) electrons. The molecule has 15 heavy (non-hydrogen) atoms. The molecule has 0 aromatic carbocycles. The van der Waals surface area contributed by atoms with Crippen LogP contribution in [0.5, 0.6) is 0 Å². The number of hydrogen-bond acceptors (Lipinski definition) is 5. The van der Waals surface area contributed by atoms with E-state index in [1.54, 1.807) is 21.0 Å². The molecule has 0 aromatic heterocycles. The van der Waals surface area contributed by atoms with Crippen molar-refractivity contribution in [3.05, 3.63) is 0 Å². The highest BCUT2D eigenvalue weighted by atomic mass is 16.6. The molecule has 0 unspecified atom stereocenters. The first-order valence-electron chi connectivity index (χ1n) is 5.00. The average molecular weight is 220 g/mol. The van der Waals surface area contributed by atoms with Crippen LogP contribution < -0.4 is 0 Å². The van der Waals surface area contributed by atoms with Crippen molar-refractivity contribution in [3.63, 3.8) is 0 Å². The third-order valence-corrected chi connectivity index (χ3v) is 1.39. The van der Waals surface area contributed by atoms with Crippen LogP contribution >= 0.6 is 0 Å². The number of carbonyl (C=O) groups is 1. The second-order valence-corrected chi connectivity index (χ2v) is 3.20. The van der Waals surface area contributed by atoms with E-state index in [-0.39, 0.29) is 18.7 Å². The molecule has 0 saturated carbocycles. The third-order valence-electron chi connectivity index (χ3n) is 1.39. The monoisotopic (exact) mass is 220 g/mol. The summed E-state index contributed by atoms with van der Waals surface area (Å²) >= 11 is 0. The summed E-state index contributed by atoms with van der Waals surface area (Å²) in [6.45, 7) is 5.52. The summed E-state index contributed by atoms with van der Waals surface area (Å²) in [5.41, 5.74) is 0. The van der Waals surface area contributed by atoms with Crippen molar-refractivity contribution in [1.82, 2.24) is 0 Å². The molecule has 0 aliphatic carbocycles. The number of esters is 1. The van der Waals surface area contributed by atoms with Gasteiger partial charge in [0.25, 0.3) is 0 Å². The van der Waals surface area contributed by atoms with Gasteiger partial charge in [0.15, 0.2) is 0 Å². The summed E-state index contributed by atoms with van der Waals surface area (Å²) < 4.78 is 19.8. The minimum absolute atomic E-state index is 0.0220. The number of rotatable bonds is 9. The van der Waals surface area contributed by atoms with Crippen LogP contribution in [0.4, 0.5) is 0 Å². The average Bonchev–Trinajstić information content (AvgIpc) is 2.15. The van der Waals surface area contributed by atoms with Gasteiger partial charge in [-0.25, -0.2) is 4.79 Å². The van der Waals surface area contributed by atoms with Crippen molar-refractivity contribution in [3.8, 4) is 0 Å². The lowest BCUT2D eigenvalue weighted by molar-refractivity contribution is -0.153. The Morgan fingerprint density at radius 2 is 1.67 bits per heavy atom. The van der Waals surface area contributed by atoms with Crippen molar-refractivity contribution in [2.45, 2.75) is 20.0 Å². The number of methoxy groups -OCH3 is 1. The van der Waals surface area contributed by atoms with E-state index in [0.717, 1.165) is 0 Å². The van der Waals surface area contributed by atoms with E-state index < -0.39 is 0 Å². The summed E-state index contributed by atoms with van der Waals surface area (Å²) in [5.74, 6) is -0.345. The summed E-state index contributed by atoms with van der Waals surface area (Å²) in [4.78, 5) is 11.0. The summed E-state index contributed by atoms with van der Waals surface area (Å²) in [6, 6.07) is 0. The van der Waals surface area contributed by atoms with Gasteiger partial charge in [0.1, 0.15) is 6.61 Å². The van der Waals surface area contributed by atoms with E-state index in [1.165, 1.54) is 0 Å². The van der Waals surface area contributed by atoms with Crippen molar-refractivity contribution in [1.29, 1.82) is 0 Å². The molecule has 0 saturated heterocycles. The summed E-state index contributed by atoms with van der Waals surface area (Å²) in [6.07, 6.45) is -0.0981. The molecular weight excluding hydrogens is 200 g/mol. The fourth-order valence-electron chi connectivity index (χ4n) is 0.815. The van der Waals surface area contributed by atoms with Crippen LogP contribution in [0.2, 0.25) is 0 Å². The zero-order valence-electron chi connectivity index (χ0n) is 9.65. The highest BCUT2D eigenvalue weighted by Gasteiger charge is 2.04. The highest BCUT2D eigenvalue weighted by molar-refractivity contribution is 5.70. The van der Waals surface area contributed by atoms with Crippen LogP contribution in [-0.4, -0.2) is 52.2 Å². The van der Waals surface area contributed by atoms with E-state index in [9.17, 15) is 4.79 Å². The maximum Gasteiger partial charge on any atom is 0.332 e. The second-order valence-electron chi connectivity index (χ2n) is 3.20. The first-order chi connectivity index (χ1) is 7.16. The van der Waals surface area contributed by atoms with E-state index in [0.29, 0.717) is 26.4 Å². The van der Waals surface area contributed by atoms with Crippen LogP contribution in [0.15, 0.2) is 0 Å². The van der Waals surface area contributed by atoms with Crippen LogP contribution in [0.1, 0.15) is 13.8 Å². The molecule has 0 aliphatic rings. The second kappa shape index (κ2) is 9.89. The van der Waals surface area contributed by atoms with Crippen molar-refractivity contribution >= 4 is 5.97 Å². The Balaban J connectivity index is 3.13. The van der Waals surface area contributed by atoms with Gasteiger partial charge in [-0.2, -0.15) is 0 Å². The SMILES string of the molecule is COCCOCCOCC(=O)OC(C)C. The Kier molecular flexibility index (Phi) is 9.46. The van der Waals surface area contributed by atoms with Gasteiger partial charge >= 0.3 is 5.97 Å². The first-order valence-corrected chi connectivity index (χ1v) is 5.00. The normalized spacial score (nSPS) is 10.7. The fourth-order valence-corrected chi connectivity index (χ4v) is 0.815. The smallest absolute Gasteiger partial charge is 0.332 e. The zero-order valence-corrected chi connectivity index (χ0v) is 9.65. The Labute approximate surface area is 90.6 Å². The minimum Gasteiger partial charge on any atom is -0.461 e. The maximum absolute atomic E-state index is 11.0. The van der Waals surface area contributed by atoms with Gasteiger partial charge < -0.3 is 18.9 Å². The largest absolute Gasteiger partial charge is 0.461 e. The van der Waals surface area contributed by atoms with E-state index in [1.807, 2.05) is 0 Å². The van der Waals surface area contributed by atoms with Crippen molar-refractivity contribution in [2.75, 3.05) is 40.1 Å². The lowest BCUT2D eigenvalue weighted by Gasteiger charge is -2.08. The third kappa shape index (κ3) is 11.3. The van der Waals surface area contributed by atoms with Gasteiger partial charge in [-0.1, -0.05) is 0 Å². The molecule has 0 fully saturated rings. The summed E-state index contributed by atoms with van der Waals surface area (Å²) in [7, 11) is 1.61. The predicted molar refractivity (Wildman–Crippen MR) is 54.7 cm³/mol. The fraction of sp³-hybridized carbons (Fsp3) is 0.900. The lowest BCUT2D eigenvalue weighted by atomic mass is 10.5. The molecule has 0 atom stereocenters. The van der Waals surface area contributed by atoms with Gasteiger partial charge in [0.2, 0.25) is 0 Å². The first kappa shape index (κ1) is 14.3.